The average Bonchev–Trinajstić information content (AvgIpc) is 3.11. The largest absolute Gasteiger partial charge is 0.493 e. The minimum absolute atomic E-state index is 0.0493. The maximum absolute atomic E-state index is 12.5. The first kappa shape index (κ1) is 19.2. The lowest BCUT2D eigenvalue weighted by Gasteiger charge is -2.17. The van der Waals surface area contributed by atoms with E-state index in [1.54, 1.807) is 32.4 Å². The van der Waals surface area contributed by atoms with Crippen LogP contribution in [-0.4, -0.2) is 51.2 Å². The number of hydrogen-bond acceptors (Lipinski definition) is 5. The molecule has 6 nitrogen and oxygen atoms in total. The van der Waals surface area contributed by atoms with Crippen LogP contribution < -0.4 is 20.5 Å². The second kappa shape index (κ2) is 8.88. The predicted molar refractivity (Wildman–Crippen MR) is 106 cm³/mol. The lowest BCUT2D eigenvalue weighted by molar-refractivity contribution is -0.117. The highest BCUT2D eigenvalue weighted by Crippen LogP contribution is 2.32. The second-order valence-electron chi connectivity index (χ2n) is 6.82. The molecular weight excluding hydrogens is 342 g/mol. The Labute approximate surface area is 160 Å². The fraction of sp³-hybridized carbons (Fsp3) is 0.381. The molecule has 1 fully saturated rings. The van der Waals surface area contributed by atoms with Gasteiger partial charge in [-0.05, 0) is 30.2 Å². The molecule has 0 aromatic heterocycles. The van der Waals surface area contributed by atoms with Crippen molar-refractivity contribution in [2.24, 2.45) is 11.7 Å². The number of anilines is 1. The first-order chi connectivity index (χ1) is 13.1. The van der Waals surface area contributed by atoms with Crippen LogP contribution in [-0.2, 0) is 4.79 Å². The number of benzene rings is 2. The first-order valence-corrected chi connectivity index (χ1v) is 9.13. The summed E-state index contributed by atoms with van der Waals surface area (Å²) < 4.78 is 10.5. The first-order valence-electron chi connectivity index (χ1n) is 9.13. The third-order valence-corrected chi connectivity index (χ3v) is 5.08. The van der Waals surface area contributed by atoms with E-state index in [1.165, 1.54) is 5.56 Å². The van der Waals surface area contributed by atoms with E-state index < -0.39 is 0 Å². The highest BCUT2D eigenvalue weighted by Gasteiger charge is 2.33. The molecule has 1 amide bonds. The highest BCUT2D eigenvalue weighted by atomic mass is 16.5. The predicted octanol–water partition coefficient (Wildman–Crippen LogP) is 2.32. The molecule has 0 radical (unpaired) electrons. The minimum Gasteiger partial charge on any atom is -0.493 e. The Hall–Kier alpha value is -2.57. The molecule has 1 heterocycles. The highest BCUT2D eigenvalue weighted by molar-refractivity contribution is 5.92. The topological polar surface area (TPSA) is 76.8 Å². The van der Waals surface area contributed by atoms with Crippen LogP contribution in [0.25, 0.3) is 0 Å². The van der Waals surface area contributed by atoms with Gasteiger partial charge in [0, 0.05) is 30.8 Å². The number of ether oxygens (including phenoxy) is 2. The molecule has 2 atom stereocenters. The van der Waals surface area contributed by atoms with Gasteiger partial charge >= 0.3 is 0 Å². The fourth-order valence-electron chi connectivity index (χ4n) is 3.72. The zero-order valence-corrected chi connectivity index (χ0v) is 15.9. The van der Waals surface area contributed by atoms with E-state index in [-0.39, 0.29) is 5.91 Å². The van der Waals surface area contributed by atoms with Crippen LogP contribution in [0.15, 0.2) is 48.5 Å². The molecule has 3 N–H and O–H groups in total. The van der Waals surface area contributed by atoms with Gasteiger partial charge in [0.05, 0.1) is 20.8 Å². The molecule has 1 saturated heterocycles. The van der Waals surface area contributed by atoms with Crippen molar-refractivity contribution in [2.45, 2.75) is 5.92 Å². The Morgan fingerprint density at radius 3 is 2.52 bits per heavy atom. The third kappa shape index (κ3) is 4.59. The molecule has 0 bridgehead atoms. The number of hydrogen-bond donors (Lipinski definition) is 2. The number of likely N-dealkylation sites (tertiary alicyclic amines) is 1. The molecule has 1 aliphatic heterocycles. The monoisotopic (exact) mass is 369 g/mol. The van der Waals surface area contributed by atoms with Crippen molar-refractivity contribution in [3.8, 4) is 11.5 Å². The second-order valence-corrected chi connectivity index (χ2v) is 6.82. The van der Waals surface area contributed by atoms with E-state index in [0.717, 1.165) is 13.1 Å². The van der Waals surface area contributed by atoms with Gasteiger partial charge in [0.1, 0.15) is 0 Å². The van der Waals surface area contributed by atoms with Crippen LogP contribution in [0.4, 0.5) is 5.69 Å². The van der Waals surface area contributed by atoms with Crippen LogP contribution in [0, 0.1) is 5.92 Å². The van der Waals surface area contributed by atoms with Crippen LogP contribution in [0.5, 0.6) is 11.5 Å². The van der Waals surface area contributed by atoms with Crippen molar-refractivity contribution in [1.29, 1.82) is 0 Å². The summed E-state index contributed by atoms with van der Waals surface area (Å²) in [5, 5.41) is 2.93. The Bertz CT molecular complexity index is 767. The molecule has 0 unspecified atom stereocenters. The number of carbonyl (C=O) groups is 1. The van der Waals surface area contributed by atoms with Crippen molar-refractivity contribution in [3.05, 3.63) is 54.1 Å². The zero-order chi connectivity index (χ0) is 19.2. The van der Waals surface area contributed by atoms with Gasteiger partial charge < -0.3 is 20.5 Å². The lowest BCUT2D eigenvalue weighted by Crippen LogP contribution is -2.32. The summed E-state index contributed by atoms with van der Waals surface area (Å²) >= 11 is 0. The standard InChI is InChI=1S/C21H27N3O3/c1-26-19-9-8-17(10-20(19)27-2)23-21(25)14-24-12-16(11-22)18(13-24)15-6-4-3-5-7-15/h3-10,16,18H,11-14,22H2,1-2H3,(H,23,25)/t16-,18+/m1/s1. The van der Waals surface area contributed by atoms with Gasteiger partial charge in [-0.2, -0.15) is 0 Å². The number of nitrogens with one attached hydrogen (secondary N) is 1. The van der Waals surface area contributed by atoms with E-state index in [4.69, 9.17) is 15.2 Å². The molecule has 2 aromatic rings. The Kier molecular flexibility index (Phi) is 6.32. The SMILES string of the molecule is COc1ccc(NC(=O)CN2C[C@@H](CN)[C@H](c3ccccc3)C2)cc1OC. The number of methoxy groups -OCH3 is 2. The fourth-order valence-corrected chi connectivity index (χ4v) is 3.72. The Morgan fingerprint density at radius 2 is 1.85 bits per heavy atom. The van der Waals surface area contributed by atoms with Gasteiger partial charge in [-0.15, -0.1) is 0 Å². The molecule has 6 heteroatoms. The maximum atomic E-state index is 12.5. The molecule has 3 rings (SSSR count). The average molecular weight is 369 g/mol. The van der Waals surface area contributed by atoms with Crippen molar-refractivity contribution >= 4 is 11.6 Å². The molecular formula is C21H27N3O3. The Balaban J connectivity index is 1.61. The number of nitrogens with zero attached hydrogens (tertiary/aromatic N) is 1. The van der Waals surface area contributed by atoms with Crippen LogP contribution in [0.1, 0.15) is 11.5 Å². The summed E-state index contributed by atoms with van der Waals surface area (Å²) in [5.41, 5.74) is 7.96. The number of nitrogens with two attached hydrogens (primary N) is 1. The van der Waals surface area contributed by atoms with Crippen LogP contribution in [0.2, 0.25) is 0 Å². The molecule has 0 spiro atoms. The Morgan fingerprint density at radius 1 is 1.11 bits per heavy atom. The molecule has 27 heavy (non-hydrogen) atoms. The smallest absolute Gasteiger partial charge is 0.238 e. The van der Waals surface area contributed by atoms with Gasteiger partial charge in [-0.3, -0.25) is 9.69 Å². The molecule has 0 saturated carbocycles. The van der Waals surface area contributed by atoms with Gasteiger partial charge in [0.15, 0.2) is 11.5 Å². The summed E-state index contributed by atoms with van der Waals surface area (Å²) in [7, 11) is 3.16. The van der Waals surface area contributed by atoms with E-state index in [1.807, 2.05) is 6.07 Å². The van der Waals surface area contributed by atoms with Crippen molar-refractivity contribution in [2.75, 3.05) is 45.7 Å². The lowest BCUT2D eigenvalue weighted by atomic mass is 9.89. The van der Waals surface area contributed by atoms with Crippen LogP contribution in [0.3, 0.4) is 0 Å². The molecule has 2 aromatic carbocycles. The molecule has 0 aliphatic carbocycles. The van der Waals surface area contributed by atoms with Gasteiger partial charge in [0.2, 0.25) is 5.91 Å². The number of rotatable bonds is 7. The normalized spacial score (nSPS) is 19.7. The van der Waals surface area contributed by atoms with Crippen molar-refractivity contribution in [3.63, 3.8) is 0 Å². The van der Waals surface area contributed by atoms with Gasteiger partial charge in [-0.1, -0.05) is 30.3 Å². The summed E-state index contributed by atoms with van der Waals surface area (Å²) in [6.07, 6.45) is 0. The van der Waals surface area contributed by atoms with E-state index in [0.29, 0.717) is 42.1 Å². The quantitative estimate of drug-likeness (QED) is 0.783. The third-order valence-electron chi connectivity index (χ3n) is 5.08. The number of carbonyl (C=O) groups excluding carboxylic acids is 1. The number of amides is 1. The summed E-state index contributed by atoms with van der Waals surface area (Å²) in [5.74, 6) is 1.90. The maximum Gasteiger partial charge on any atom is 0.238 e. The van der Waals surface area contributed by atoms with Crippen LogP contribution >= 0.6 is 0 Å². The van der Waals surface area contributed by atoms with E-state index in [2.05, 4.69) is 34.5 Å². The summed E-state index contributed by atoms with van der Waals surface area (Å²) in [6.45, 7) is 2.63. The zero-order valence-electron chi connectivity index (χ0n) is 15.9. The van der Waals surface area contributed by atoms with Gasteiger partial charge in [0.25, 0.3) is 0 Å². The minimum atomic E-state index is -0.0493. The van der Waals surface area contributed by atoms with E-state index >= 15 is 0 Å². The van der Waals surface area contributed by atoms with Crippen molar-refractivity contribution in [1.82, 2.24) is 4.90 Å². The molecule has 144 valence electrons. The van der Waals surface area contributed by atoms with Gasteiger partial charge in [-0.25, -0.2) is 0 Å². The summed E-state index contributed by atoms with van der Waals surface area (Å²) in [4.78, 5) is 14.7. The molecule has 1 aliphatic rings. The summed E-state index contributed by atoms with van der Waals surface area (Å²) in [6, 6.07) is 15.7. The van der Waals surface area contributed by atoms with E-state index in [9.17, 15) is 4.79 Å². The van der Waals surface area contributed by atoms with Crippen molar-refractivity contribution < 1.29 is 14.3 Å².